The van der Waals surface area contributed by atoms with E-state index < -0.39 is 0 Å². The average Bonchev–Trinajstić information content (AvgIpc) is 3.19. The van der Waals surface area contributed by atoms with Crippen molar-refractivity contribution in [1.29, 1.82) is 0 Å². The fraction of sp³-hybridized carbons (Fsp3) is 0.167. The molecular weight excluding hydrogens is 414 g/mol. The third kappa shape index (κ3) is 4.34. The molecule has 7 heteroatoms. The second-order valence-electron chi connectivity index (χ2n) is 7.43. The number of aromatic nitrogens is 2. The average molecular weight is 434 g/mol. The van der Waals surface area contributed by atoms with E-state index >= 15 is 0 Å². The summed E-state index contributed by atoms with van der Waals surface area (Å²) in [5, 5.41) is 9.07. The summed E-state index contributed by atoms with van der Waals surface area (Å²) in [5.74, 6) is 1.36. The summed E-state index contributed by atoms with van der Waals surface area (Å²) < 4.78 is 13.6. The number of benzene rings is 3. The van der Waals surface area contributed by atoms with Gasteiger partial charge < -0.3 is 14.8 Å². The van der Waals surface area contributed by atoms with Crippen LogP contribution in [0.4, 0.5) is 0 Å². The van der Waals surface area contributed by atoms with Crippen molar-refractivity contribution >= 4 is 28.4 Å². The molecule has 0 spiro atoms. The highest BCUT2D eigenvalue weighted by atomic mass is 35.5. The molecule has 0 saturated carbocycles. The van der Waals surface area contributed by atoms with E-state index in [1.54, 1.807) is 6.07 Å². The molecule has 0 saturated heterocycles. The number of para-hydroxylation sites is 2. The van der Waals surface area contributed by atoms with E-state index in [9.17, 15) is 4.79 Å². The maximum absolute atomic E-state index is 12.6. The van der Waals surface area contributed by atoms with Gasteiger partial charge in [-0.15, -0.1) is 0 Å². The van der Waals surface area contributed by atoms with Crippen molar-refractivity contribution in [3.8, 4) is 11.5 Å². The van der Waals surface area contributed by atoms with Crippen LogP contribution >= 0.6 is 11.6 Å². The van der Waals surface area contributed by atoms with E-state index in [-0.39, 0.29) is 12.0 Å². The second-order valence-corrected chi connectivity index (χ2v) is 7.87. The van der Waals surface area contributed by atoms with Gasteiger partial charge in [0.15, 0.2) is 17.6 Å². The van der Waals surface area contributed by atoms with Crippen LogP contribution in [0.15, 0.2) is 72.9 Å². The molecule has 31 heavy (non-hydrogen) atoms. The highest BCUT2D eigenvalue weighted by Gasteiger charge is 2.21. The lowest BCUT2D eigenvalue weighted by molar-refractivity contribution is 0.0760. The molecule has 0 bridgehead atoms. The van der Waals surface area contributed by atoms with Gasteiger partial charge in [0.05, 0.1) is 12.1 Å². The lowest BCUT2D eigenvalue weighted by Crippen LogP contribution is -2.33. The Labute approximate surface area is 184 Å². The molecule has 0 radical (unpaired) electrons. The van der Waals surface area contributed by atoms with Gasteiger partial charge in [0.1, 0.15) is 6.61 Å². The summed E-state index contributed by atoms with van der Waals surface area (Å²) >= 11 is 6.00. The number of ether oxygens (including phenoxy) is 2. The number of hydrogen-bond acceptors (Lipinski definition) is 4. The molecule has 4 aromatic rings. The lowest BCUT2D eigenvalue weighted by atomic mass is 10.1. The number of nitrogens with one attached hydrogen (secondary N) is 1. The number of carbonyl (C=O) groups excluding carboxylic acids is 1. The van der Waals surface area contributed by atoms with E-state index in [0.717, 1.165) is 28.0 Å². The second kappa shape index (κ2) is 8.32. The van der Waals surface area contributed by atoms with Crippen LogP contribution in [0.2, 0.25) is 5.02 Å². The summed E-state index contributed by atoms with van der Waals surface area (Å²) in [5.41, 5.74) is 2.36. The zero-order chi connectivity index (χ0) is 21.2. The molecule has 1 aliphatic rings. The van der Waals surface area contributed by atoms with E-state index in [1.165, 1.54) is 0 Å². The van der Waals surface area contributed by atoms with Crippen LogP contribution in [0, 0.1) is 0 Å². The highest BCUT2D eigenvalue weighted by molar-refractivity contribution is 6.30. The standard InChI is InChI=1S/C24H20ClN3O3/c25-19-5-3-4-16(10-19)12-26-24(29)17-8-9-21-18(11-17)13-28(27-21)14-20-15-30-22-6-1-2-7-23(22)31-20/h1-11,13,20H,12,14-15H2,(H,26,29). The van der Waals surface area contributed by atoms with Gasteiger partial charge in [0.2, 0.25) is 0 Å². The Balaban J connectivity index is 1.26. The number of fused-ring (bicyclic) bond motifs is 2. The van der Waals surface area contributed by atoms with Crippen LogP contribution < -0.4 is 14.8 Å². The molecular formula is C24H20ClN3O3. The zero-order valence-electron chi connectivity index (χ0n) is 16.6. The topological polar surface area (TPSA) is 65.4 Å². The molecule has 1 unspecified atom stereocenters. The Hall–Kier alpha value is -3.51. The van der Waals surface area contributed by atoms with Gasteiger partial charge in [-0.1, -0.05) is 35.9 Å². The predicted molar refractivity (Wildman–Crippen MR) is 119 cm³/mol. The maximum Gasteiger partial charge on any atom is 0.251 e. The Morgan fingerprint density at radius 2 is 1.97 bits per heavy atom. The molecule has 2 heterocycles. The molecule has 1 aromatic heterocycles. The monoisotopic (exact) mass is 433 g/mol. The molecule has 5 rings (SSSR count). The first-order valence-corrected chi connectivity index (χ1v) is 10.4. The first kappa shape index (κ1) is 19.5. The molecule has 1 atom stereocenters. The van der Waals surface area contributed by atoms with Crippen LogP contribution in [0.25, 0.3) is 10.9 Å². The van der Waals surface area contributed by atoms with Crippen molar-refractivity contribution in [2.45, 2.75) is 19.2 Å². The molecule has 1 aliphatic heterocycles. The Kier molecular flexibility index (Phi) is 5.22. The summed E-state index contributed by atoms with van der Waals surface area (Å²) in [6.45, 7) is 1.43. The number of hydrogen-bond donors (Lipinski definition) is 1. The zero-order valence-corrected chi connectivity index (χ0v) is 17.4. The summed E-state index contributed by atoms with van der Waals surface area (Å²) in [7, 11) is 0. The van der Waals surface area contributed by atoms with Crippen molar-refractivity contribution in [1.82, 2.24) is 15.1 Å². The van der Waals surface area contributed by atoms with Gasteiger partial charge in [-0.2, -0.15) is 5.10 Å². The van der Waals surface area contributed by atoms with Crippen molar-refractivity contribution in [3.05, 3.63) is 89.1 Å². The number of halogens is 1. The van der Waals surface area contributed by atoms with E-state index in [1.807, 2.05) is 71.5 Å². The van der Waals surface area contributed by atoms with E-state index in [0.29, 0.717) is 30.3 Å². The van der Waals surface area contributed by atoms with Gasteiger partial charge >= 0.3 is 0 Å². The minimum absolute atomic E-state index is 0.135. The normalized spacial score (nSPS) is 15.1. The van der Waals surface area contributed by atoms with Gasteiger partial charge in [-0.05, 0) is 48.0 Å². The van der Waals surface area contributed by atoms with E-state index in [2.05, 4.69) is 10.4 Å². The van der Waals surface area contributed by atoms with Gasteiger partial charge in [-0.3, -0.25) is 9.48 Å². The van der Waals surface area contributed by atoms with Gasteiger partial charge in [0.25, 0.3) is 5.91 Å². The van der Waals surface area contributed by atoms with Gasteiger partial charge in [0, 0.05) is 28.7 Å². The number of rotatable bonds is 5. The quantitative estimate of drug-likeness (QED) is 0.504. The van der Waals surface area contributed by atoms with Gasteiger partial charge in [-0.25, -0.2) is 0 Å². The summed E-state index contributed by atoms with van der Waals surface area (Å²) in [6, 6.07) is 20.6. The molecule has 3 aromatic carbocycles. The minimum atomic E-state index is -0.143. The number of amides is 1. The van der Waals surface area contributed by atoms with Crippen LogP contribution in [0.1, 0.15) is 15.9 Å². The first-order chi connectivity index (χ1) is 15.1. The smallest absolute Gasteiger partial charge is 0.251 e. The predicted octanol–water partition coefficient (Wildman–Crippen LogP) is 4.46. The van der Waals surface area contributed by atoms with Crippen molar-refractivity contribution < 1.29 is 14.3 Å². The van der Waals surface area contributed by atoms with Crippen molar-refractivity contribution in [2.24, 2.45) is 0 Å². The van der Waals surface area contributed by atoms with Crippen LogP contribution in [-0.4, -0.2) is 28.4 Å². The summed E-state index contributed by atoms with van der Waals surface area (Å²) in [4.78, 5) is 12.6. The summed E-state index contributed by atoms with van der Waals surface area (Å²) in [6.07, 6.45) is 1.79. The Bertz CT molecular complexity index is 1250. The number of nitrogens with zero attached hydrogens (tertiary/aromatic N) is 2. The minimum Gasteiger partial charge on any atom is -0.486 e. The Morgan fingerprint density at radius 3 is 2.84 bits per heavy atom. The third-order valence-corrected chi connectivity index (χ3v) is 5.35. The van der Waals surface area contributed by atoms with Crippen LogP contribution in [0.3, 0.4) is 0 Å². The molecule has 1 amide bonds. The molecule has 156 valence electrons. The first-order valence-electron chi connectivity index (χ1n) is 10.0. The SMILES string of the molecule is O=C(NCc1cccc(Cl)c1)c1ccc2nn(CC3COc4ccccc4O3)cc2c1. The molecule has 0 aliphatic carbocycles. The molecule has 6 nitrogen and oxygen atoms in total. The largest absolute Gasteiger partial charge is 0.486 e. The molecule has 1 N–H and O–H groups in total. The highest BCUT2D eigenvalue weighted by Crippen LogP contribution is 2.31. The Morgan fingerprint density at radius 1 is 1.10 bits per heavy atom. The third-order valence-electron chi connectivity index (χ3n) is 5.11. The number of carbonyl (C=O) groups is 1. The molecule has 0 fully saturated rings. The van der Waals surface area contributed by atoms with Crippen molar-refractivity contribution in [3.63, 3.8) is 0 Å². The fourth-order valence-corrected chi connectivity index (χ4v) is 3.82. The van der Waals surface area contributed by atoms with E-state index in [4.69, 9.17) is 21.1 Å². The maximum atomic E-state index is 12.6. The fourth-order valence-electron chi connectivity index (χ4n) is 3.60. The van der Waals surface area contributed by atoms with Crippen LogP contribution in [-0.2, 0) is 13.1 Å². The van der Waals surface area contributed by atoms with Crippen LogP contribution in [0.5, 0.6) is 11.5 Å². The lowest BCUT2D eigenvalue weighted by Gasteiger charge is -2.26. The van der Waals surface area contributed by atoms with Crippen molar-refractivity contribution in [2.75, 3.05) is 6.61 Å².